The number of aromatic nitrogens is 1. The molecule has 3 aromatic carbocycles. The average molecular weight is 563 g/mol. The van der Waals surface area contributed by atoms with Crippen molar-refractivity contribution in [2.75, 3.05) is 10.8 Å². The molecule has 0 saturated heterocycles. The van der Waals surface area contributed by atoms with E-state index in [9.17, 15) is 13.2 Å². The first-order valence-electron chi connectivity index (χ1n) is 12.4. The van der Waals surface area contributed by atoms with Crippen LogP contribution in [-0.2, 0) is 14.8 Å². The molecule has 7 nitrogen and oxygen atoms in total. The third kappa shape index (κ3) is 6.24. The molecule has 0 fully saturated rings. The Morgan fingerprint density at radius 2 is 1.64 bits per heavy atom. The first kappa shape index (κ1) is 28.1. The van der Waals surface area contributed by atoms with E-state index in [1.54, 1.807) is 36.5 Å². The summed E-state index contributed by atoms with van der Waals surface area (Å²) in [5, 5.41) is 4.77. The summed E-state index contributed by atoms with van der Waals surface area (Å²) in [6, 6.07) is 21.6. The minimum absolute atomic E-state index is 0.110. The Balaban J connectivity index is 1.59. The molecular formula is C30H31ClN4O3S. The van der Waals surface area contributed by atoms with Gasteiger partial charge in [0.05, 0.1) is 16.8 Å². The van der Waals surface area contributed by atoms with Crippen molar-refractivity contribution < 1.29 is 13.2 Å². The lowest BCUT2D eigenvalue weighted by Crippen LogP contribution is -2.40. The molecular weight excluding hydrogens is 532 g/mol. The summed E-state index contributed by atoms with van der Waals surface area (Å²) in [5.74, 6) is -0.563. The van der Waals surface area contributed by atoms with Crippen LogP contribution in [0.5, 0.6) is 0 Å². The van der Waals surface area contributed by atoms with Crippen LogP contribution < -0.4 is 9.73 Å². The predicted octanol–water partition coefficient (Wildman–Crippen LogP) is 6.02. The fourth-order valence-electron chi connectivity index (χ4n) is 4.40. The Labute approximate surface area is 234 Å². The average Bonchev–Trinajstić information content (AvgIpc) is 3.17. The molecule has 4 aromatic rings. The van der Waals surface area contributed by atoms with Crippen molar-refractivity contribution in [3.8, 4) is 5.69 Å². The predicted molar refractivity (Wildman–Crippen MR) is 158 cm³/mol. The Kier molecular flexibility index (Phi) is 8.28. The first-order chi connectivity index (χ1) is 18.5. The normalized spacial score (nSPS) is 11.6. The number of amides is 1. The number of nitrogens with one attached hydrogen (secondary N) is 1. The van der Waals surface area contributed by atoms with Gasteiger partial charge in [-0.05, 0) is 88.2 Å². The highest BCUT2D eigenvalue weighted by Crippen LogP contribution is 2.28. The number of carbonyl (C=O) groups excluding carboxylic acids is 1. The van der Waals surface area contributed by atoms with Crippen LogP contribution in [0.25, 0.3) is 5.69 Å². The van der Waals surface area contributed by atoms with Crippen LogP contribution in [0.4, 0.5) is 5.69 Å². The van der Waals surface area contributed by atoms with Crippen LogP contribution in [0.2, 0.25) is 5.02 Å². The van der Waals surface area contributed by atoms with Gasteiger partial charge in [-0.3, -0.25) is 9.10 Å². The minimum Gasteiger partial charge on any atom is -0.318 e. The Morgan fingerprint density at radius 3 is 2.33 bits per heavy atom. The highest BCUT2D eigenvalue weighted by Gasteiger charge is 2.28. The maximum absolute atomic E-state index is 13.7. The van der Waals surface area contributed by atoms with Crippen LogP contribution in [0.1, 0.15) is 33.6 Å². The lowest BCUT2D eigenvalue weighted by atomic mass is 10.1. The summed E-state index contributed by atoms with van der Waals surface area (Å²) in [7, 11) is -4.02. The van der Waals surface area contributed by atoms with Gasteiger partial charge in [0.15, 0.2) is 0 Å². The third-order valence-corrected chi connectivity index (χ3v) is 8.47. The number of aryl methyl sites for hydroxylation is 4. The highest BCUT2D eigenvalue weighted by molar-refractivity contribution is 7.92. The molecule has 0 aliphatic rings. The lowest BCUT2D eigenvalue weighted by molar-refractivity contribution is -0.119. The quantitative estimate of drug-likeness (QED) is 0.210. The Morgan fingerprint density at radius 1 is 0.949 bits per heavy atom. The number of anilines is 1. The molecule has 39 heavy (non-hydrogen) atoms. The van der Waals surface area contributed by atoms with Crippen molar-refractivity contribution >= 4 is 39.4 Å². The zero-order chi connectivity index (χ0) is 28.3. The second-order valence-corrected chi connectivity index (χ2v) is 11.8. The number of nitrogens with zero attached hydrogens (tertiary/aromatic N) is 3. The summed E-state index contributed by atoms with van der Waals surface area (Å²) in [4.78, 5) is 13.1. The van der Waals surface area contributed by atoms with Crippen molar-refractivity contribution in [3.05, 3.63) is 111 Å². The van der Waals surface area contributed by atoms with Crippen molar-refractivity contribution in [2.24, 2.45) is 5.10 Å². The van der Waals surface area contributed by atoms with Crippen LogP contribution in [0.3, 0.4) is 0 Å². The molecule has 0 aliphatic heterocycles. The number of rotatable bonds is 8. The van der Waals surface area contributed by atoms with E-state index in [2.05, 4.69) is 10.5 Å². The zero-order valence-corrected chi connectivity index (χ0v) is 24.1. The fraction of sp³-hybridized carbons (Fsp3) is 0.200. The largest absolute Gasteiger partial charge is 0.318 e. The molecule has 0 unspecified atom stereocenters. The molecule has 0 radical (unpaired) electrons. The molecule has 0 saturated carbocycles. The number of halogens is 1. The maximum Gasteiger partial charge on any atom is 0.264 e. The van der Waals surface area contributed by atoms with Crippen molar-refractivity contribution in [1.82, 2.24) is 9.99 Å². The van der Waals surface area contributed by atoms with E-state index in [1.165, 1.54) is 0 Å². The van der Waals surface area contributed by atoms with Gasteiger partial charge >= 0.3 is 0 Å². The van der Waals surface area contributed by atoms with E-state index in [0.29, 0.717) is 10.7 Å². The standard InChI is InChI=1S/C30H31ClN4O3S/c1-20-10-13-28(14-11-20)39(37,38)34(29-15-21(2)9-12-22(29)3)19-30(36)33-32-18-25-16-23(4)35(24(25)5)27-8-6-7-26(31)17-27/h6-18H,19H2,1-5H3,(H,33,36)/b32-18-. The van der Waals surface area contributed by atoms with Gasteiger partial charge in [-0.15, -0.1) is 0 Å². The van der Waals surface area contributed by atoms with Crippen molar-refractivity contribution in [2.45, 2.75) is 39.5 Å². The van der Waals surface area contributed by atoms with Gasteiger partial charge in [0.1, 0.15) is 6.54 Å². The van der Waals surface area contributed by atoms with Gasteiger partial charge in [-0.2, -0.15) is 5.10 Å². The van der Waals surface area contributed by atoms with Crippen LogP contribution in [-0.4, -0.2) is 31.7 Å². The number of hydrazone groups is 1. The molecule has 0 bridgehead atoms. The van der Waals surface area contributed by atoms with Gasteiger partial charge in [0.25, 0.3) is 15.9 Å². The van der Waals surface area contributed by atoms with Crippen LogP contribution in [0, 0.1) is 34.6 Å². The summed E-state index contributed by atoms with van der Waals surface area (Å²) in [5.41, 5.74) is 9.14. The molecule has 1 amide bonds. The summed E-state index contributed by atoms with van der Waals surface area (Å²) in [6.07, 6.45) is 1.55. The lowest BCUT2D eigenvalue weighted by Gasteiger charge is -2.25. The smallest absolute Gasteiger partial charge is 0.264 e. The molecule has 0 spiro atoms. The van der Waals surface area contributed by atoms with Gasteiger partial charge in [0.2, 0.25) is 0 Å². The van der Waals surface area contributed by atoms with Crippen molar-refractivity contribution in [3.63, 3.8) is 0 Å². The number of sulfonamides is 1. The summed E-state index contributed by atoms with van der Waals surface area (Å²) in [6.45, 7) is 9.08. The SMILES string of the molecule is Cc1ccc(S(=O)(=O)N(CC(=O)N/N=C\c2cc(C)n(-c3cccc(Cl)c3)c2C)c2cc(C)ccc2C)cc1. The van der Waals surface area contributed by atoms with Gasteiger partial charge in [-0.25, -0.2) is 13.8 Å². The van der Waals surface area contributed by atoms with Crippen LogP contribution in [0.15, 0.2) is 82.8 Å². The molecule has 1 aromatic heterocycles. The second-order valence-electron chi connectivity index (χ2n) is 9.55. The summed E-state index contributed by atoms with van der Waals surface area (Å²) < 4.78 is 30.5. The molecule has 9 heteroatoms. The van der Waals surface area contributed by atoms with E-state index >= 15 is 0 Å². The monoisotopic (exact) mass is 562 g/mol. The van der Waals surface area contributed by atoms with E-state index in [1.807, 2.05) is 81.7 Å². The number of benzene rings is 3. The molecule has 1 N–H and O–H groups in total. The number of carbonyl (C=O) groups is 1. The summed E-state index contributed by atoms with van der Waals surface area (Å²) >= 11 is 6.17. The molecule has 4 rings (SSSR count). The zero-order valence-electron chi connectivity index (χ0n) is 22.6. The van der Waals surface area contributed by atoms with E-state index in [4.69, 9.17) is 11.6 Å². The number of hydrogen-bond donors (Lipinski definition) is 1. The Hall–Kier alpha value is -3.88. The number of hydrogen-bond acceptors (Lipinski definition) is 4. The fourth-order valence-corrected chi connectivity index (χ4v) is 6.06. The molecule has 0 atom stereocenters. The van der Waals surface area contributed by atoms with E-state index in [0.717, 1.165) is 43.6 Å². The van der Waals surface area contributed by atoms with Gasteiger partial charge in [0, 0.05) is 27.7 Å². The highest BCUT2D eigenvalue weighted by atomic mass is 35.5. The molecule has 1 heterocycles. The minimum atomic E-state index is -4.02. The van der Waals surface area contributed by atoms with E-state index < -0.39 is 22.5 Å². The van der Waals surface area contributed by atoms with Crippen molar-refractivity contribution in [1.29, 1.82) is 0 Å². The second kappa shape index (κ2) is 11.5. The first-order valence-corrected chi connectivity index (χ1v) is 14.2. The molecule has 0 aliphatic carbocycles. The topological polar surface area (TPSA) is 83.8 Å². The van der Waals surface area contributed by atoms with Gasteiger partial charge in [-0.1, -0.05) is 47.5 Å². The van der Waals surface area contributed by atoms with Gasteiger partial charge < -0.3 is 4.57 Å². The maximum atomic E-state index is 13.7. The van der Waals surface area contributed by atoms with E-state index in [-0.39, 0.29) is 4.90 Å². The molecule has 202 valence electrons. The Bertz CT molecular complexity index is 1660. The van der Waals surface area contributed by atoms with Crippen LogP contribution >= 0.6 is 11.6 Å². The third-order valence-electron chi connectivity index (χ3n) is 6.46.